The molecule has 1 spiro atoms. The summed E-state index contributed by atoms with van der Waals surface area (Å²) >= 11 is 9.50. The number of nitrogens with zero attached hydrogens (tertiary/aromatic N) is 1. The first kappa shape index (κ1) is 13.8. The first-order valence-electron chi connectivity index (χ1n) is 6.91. The number of thioether (sulfide) groups is 1. The molecule has 19 heavy (non-hydrogen) atoms. The van der Waals surface area contributed by atoms with E-state index in [0.29, 0.717) is 5.54 Å². The van der Waals surface area contributed by atoms with Crippen LogP contribution in [0.5, 0.6) is 0 Å². The molecule has 104 valence electrons. The third-order valence-electron chi connectivity index (χ3n) is 3.98. The lowest BCUT2D eigenvalue weighted by Crippen LogP contribution is -2.45. The van der Waals surface area contributed by atoms with Crippen molar-refractivity contribution in [1.82, 2.24) is 5.32 Å². The predicted octanol–water partition coefficient (Wildman–Crippen LogP) is 4.86. The van der Waals surface area contributed by atoms with Crippen LogP contribution in [0.3, 0.4) is 0 Å². The maximum Gasteiger partial charge on any atom is 0.157 e. The summed E-state index contributed by atoms with van der Waals surface area (Å²) in [6.45, 7) is 2.14. The molecule has 1 saturated carbocycles. The van der Waals surface area contributed by atoms with Crippen molar-refractivity contribution in [1.29, 1.82) is 0 Å². The highest BCUT2D eigenvalue weighted by Crippen LogP contribution is 2.37. The smallest absolute Gasteiger partial charge is 0.157 e. The first-order chi connectivity index (χ1) is 9.17. The molecule has 3 rings (SSSR count). The van der Waals surface area contributed by atoms with Crippen molar-refractivity contribution >= 4 is 39.9 Å². The van der Waals surface area contributed by atoms with E-state index in [2.05, 4.69) is 18.3 Å². The van der Waals surface area contributed by atoms with E-state index in [9.17, 15) is 0 Å². The molecule has 2 heterocycles. The summed E-state index contributed by atoms with van der Waals surface area (Å²) in [4.78, 5) is 6.07. The van der Waals surface area contributed by atoms with Crippen LogP contribution >= 0.6 is 34.7 Å². The molecule has 1 atom stereocenters. The Bertz CT molecular complexity index is 478. The second-order valence-corrected chi connectivity index (χ2v) is 8.22. The maximum absolute atomic E-state index is 5.99. The fraction of sp³-hybridized carbons (Fsp3) is 0.643. The van der Waals surface area contributed by atoms with Crippen molar-refractivity contribution < 1.29 is 0 Å². The first-order valence-corrected chi connectivity index (χ1v) is 9.09. The largest absolute Gasteiger partial charge is 0.359 e. The molecule has 1 aliphatic carbocycles. The third-order valence-corrected chi connectivity index (χ3v) is 6.56. The van der Waals surface area contributed by atoms with E-state index in [4.69, 9.17) is 16.6 Å². The lowest BCUT2D eigenvalue weighted by molar-refractivity contribution is 0.303. The Hall–Kier alpha value is -0.190. The van der Waals surface area contributed by atoms with Gasteiger partial charge < -0.3 is 5.32 Å². The van der Waals surface area contributed by atoms with Crippen molar-refractivity contribution in [3.8, 4) is 0 Å². The van der Waals surface area contributed by atoms with E-state index < -0.39 is 0 Å². The lowest BCUT2D eigenvalue weighted by atomic mass is 9.83. The number of hydrogen-bond acceptors (Lipinski definition) is 3. The minimum absolute atomic E-state index is 0.200. The number of amidine groups is 1. The highest BCUT2D eigenvalue weighted by molar-refractivity contribution is 8.14. The van der Waals surface area contributed by atoms with Crippen LogP contribution in [-0.4, -0.2) is 16.5 Å². The van der Waals surface area contributed by atoms with Crippen LogP contribution in [-0.2, 0) is 0 Å². The van der Waals surface area contributed by atoms with Gasteiger partial charge in [-0.2, -0.15) is 0 Å². The summed E-state index contributed by atoms with van der Waals surface area (Å²) < 4.78 is 0.845. The monoisotopic (exact) mass is 314 g/mol. The van der Waals surface area contributed by atoms with Gasteiger partial charge in [0.25, 0.3) is 0 Å². The van der Waals surface area contributed by atoms with Gasteiger partial charge in [-0.3, -0.25) is 4.99 Å². The summed E-state index contributed by atoms with van der Waals surface area (Å²) in [7, 11) is 0. The molecule has 2 aliphatic rings. The number of aliphatic imine (C=N–C) groups is 1. The summed E-state index contributed by atoms with van der Waals surface area (Å²) in [5.41, 5.74) is 0.342. The fourth-order valence-electron chi connectivity index (χ4n) is 2.87. The second-order valence-electron chi connectivity index (χ2n) is 5.51. The molecule has 1 unspecified atom stereocenters. The number of nitrogens with one attached hydrogen (secondary N) is 1. The zero-order valence-electron chi connectivity index (χ0n) is 11.1. The van der Waals surface area contributed by atoms with Crippen LogP contribution in [0.1, 0.15) is 49.9 Å². The standard InChI is InChI=1S/C14H19ClN2S2/c1-10(11-5-6-12(15)19-11)16-13-17-14(9-18-13)7-3-2-4-8-14/h5-6,10H,2-4,7-9H2,1H3,(H,16,17). The Morgan fingerprint density at radius 3 is 2.79 bits per heavy atom. The predicted molar refractivity (Wildman–Crippen MR) is 86.6 cm³/mol. The molecule has 1 aromatic rings. The van der Waals surface area contributed by atoms with E-state index in [1.807, 2.05) is 17.8 Å². The molecular weight excluding hydrogens is 296 g/mol. The van der Waals surface area contributed by atoms with Gasteiger partial charge in [-0.1, -0.05) is 42.6 Å². The normalized spacial score (nSPS) is 25.7. The van der Waals surface area contributed by atoms with E-state index in [1.54, 1.807) is 11.3 Å². The van der Waals surface area contributed by atoms with Gasteiger partial charge in [0.05, 0.1) is 10.4 Å². The summed E-state index contributed by atoms with van der Waals surface area (Å²) in [6, 6.07) is 4.24. The van der Waals surface area contributed by atoms with Crippen LogP contribution in [0.4, 0.5) is 0 Å². The average molecular weight is 315 g/mol. The summed E-state index contributed by atoms with van der Waals surface area (Å²) in [5.74, 6) is 1.18. The van der Waals surface area contributed by atoms with E-state index in [-0.39, 0.29) is 6.04 Å². The van der Waals surface area contributed by atoms with Crippen molar-refractivity contribution in [3.05, 3.63) is 21.3 Å². The van der Waals surface area contributed by atoms with Crippen LogP contribution < -0.4 is 5.32 Å². The topological polar surface area (TPSA) is 24.4 Å². The van der Waals surface area contributed by atoms with Gasteiger partial charge in [0, 0.05) is 16.2 Å². The molecular formula is C14H19ClN2S2. The molecule has 1 N–H and O–H groups in total. The molecule has 0 bridgehead atoms. The molecule has 1 saturated heterocycles. The van der Waals surface area contributed by atoms with Gasteiger partial charge in [-0.15, -0.1) is 11.3 Å². The Morgan fingerprint density at radius 1 is 1.32 bits per heavy atom. The van der Waals surface area contributed by atoms with E-state index >= 15 is 0 Å². The zero-order chi connectivity index (χ0) is 13.3. The molecule has 2 nitrogen and oxygen atoms in total. The Morgan fingerprint density at radius 2 is 2.11 bits per heavy atom. The number of rotatable bonds is 2. The van der Waals surface area contributed by atoms with Crippen LogP contribution in [0.2, 0.25) is 4.34 Å². The van der Waals surface area contributed by atoms with E-state index in [1.165, 1.54) is 42.7 Å². The molecule has 1 aliphatic heterocycles. The van der Waals surface area contributed by atoms with Gasteiger partial charge in [0.15, 0.2) is 5.17 Å². The summed E-state index contributed by atoms with van der Waals surface area (Å²) in [6.07, 6.45) is 6.72. The highest BCUT2D eigenvalue weighted by Gasteiger charge is 2.38. The van der Waals surface area contributed by atoms with Gasteiger partial charge in [0.1, 0.15) is 0 Å². The van der Waals surface area contributed by atoms with Gasteiger partial charge >= 0.3 is 0 Å². The van der Waals surface area contributed by atoms with Crippen LogP contribution in [0.15, 0.2) is 17.1 Å². The molecule has 0 radical (unpaired) electrons. The number of hydrogen-bond donors (Lipinski definition) is 1. The molecule has 0 aromatic carbocycles. The lowest BCUT2D eigenvalue weighted by Gasteiger charge is -2.32. The van der Waals surface area contributed by atoms with Gasteiger partial charge in [0.2, 0.25) is 0 Å². The zero-order valence-corrected chi connectivity index (χ0v) is 13.5. The molecule has 1 aromatic heterocycles. The van der Waals surface area contributed by atoms with E-state index in [0.717, 1.165) is 9.50 Å². The molecule has 0 amide bonds. The Balaban J connectivity index is 1.68. The summed E-state index contributed by atoms with van der Waals surface area (Å²) in [5, 5.41) is 4.82. The maximum atomic E-state index is 5.99. The molecule has 2 fully saturated rings. The molecule has 5 heteroatoms. The average Bonchev–Trinajstić information content (AvgIpc) is 2.98. The van der Waals surface area contributed by atoms with Crippen LogP contribution in [0.25, 0.3) is 0 Å². The van der Waals surface area contributed by atoms with Crippen LogP contribution in [0, 0.1) is 0 Å². The minimum Gasteiger partial charge on any atom is -0.359 e. The highest BCUT2D eigenvalue weighted by atomic mass is 35.5. The third kappa shape index (κ3) is 3.11. The number of halogens is 1. The Labute approximate surface area is 128 Å². The van der Waals surface area contributed by atoms with Crippen molar-refractivity contribution in [2.45, 2.75) is 50.6 Å². The Kier molecular flexibility index (Phi) is 4.11. The quantitative estimate of drug-likeness (QED) is 0.843. The van der Waals surface area contributed by atoms with Gasteiger partial charge in [-0.25, -0.2) is 0 Å². The van der Waals surface area contributed by atoms with Crippen molar-refractivity contribution in [2.24, 2.45) is 4.99 Å². The van der Waals surface area contributed by atoms with Crippen molar-refractivity contribution in [3.63, 3.8) is 0 Å². The SMILES string of the molecule is CC(N=C1NC2(CCCCC2)CS1)c1ccc(Cl)s1. The second kappa shape index (κ2) is 5.66. The van der Waals surface area contributed by atoms with Crippen molar-refractivity contribution in [2.75, 3.05) is 5.75 Å². The minimum atomic E-state index is 0.200. The van der Waals surface area contributed by atoms with Gasteiger partial charge in [-0.05, 0) is 31.9 Å². The fourth-order valence-corrected chi connectivity index (χ4v) is 5.21. The number of thiophene rings is 1.